The van der Waals surface area contributed by atoms with E-state index in [1.807, 2.05) is 45.1 Å². The van der Waals surface area contributed by atoms with Crippen LogP contribution in [0.4, 0.5) is 0 Å². The maximum Gasteiger partial charge on any atom is 0.347 e. The molecule has 1 N–H and O–H groups in total. The van der Waals surface area contributed by atoms with E-state index in [2.05, 4.69) is 18.3 Å². The fourth-order valence-corrected chi connectivity index (χ4v) is 2.59. The molecule has 32 heavy (non-hydrogen) atoms. The van der Waals surface area contributed by atoms with Crippen molar-refractivity contribution in [2.45, 2.75) is 66.2 Å². The normalized spacial score (nSPS) is 11.0. The van der Waals surface area contributed by atoms with E-state index >= 15 is 0 Å². The highest BCUT2D eigenvalue weighted by atomic mass is 16.5. The molecule has 0 aliphatic rings. The molecule has 0 aliphatic carbocycles. The van der Waals surface area contributed by atoms with Gasteiger partial charge < -0.3 is 9.84 Å². The Kier molecular flexibility index (Phi) is 10.4. The quantitative estimate of drug-likeness (QED) is 0.430. The number of carbonyl (C=O) groups is 1. The van der Waals surface area contributed by atoms with Crippen molar-refractivity contribution in [3.05, 3.63) is 83.1 Å². The molecule has 0 radical (unpaired) electrons. The van der Waals surface area contributed by atoms with E-state index in [-0.39, 0.29) is 5.69 Å². The lowest BCUT2D eigenvalue weighted by Crippen LogP contribution is -2.37. The third-order valence-electron chi connectivity index (χ3n) is 4.48. The van der Waals surface area contributed by atoms with Gasteiger partial charge in [-0.2, -0.15) is 5.10 Å². The van der Waals surface area contributed by atoms with Crippen LogP contribution >= 0.6 is 0 Å². The van der Waals surface area contributed by atoms with Gasteiger partial charge in [0.25, 0.3) is 0 Å². The van der Waals surface area contributed by atoms with Gasteiger partial charge in [-0.05, 0) is 51.8 Å². The summed E-state index contributed by atoms with van der Waals surface area (Å²) in [6.45, 7) is 16.9. The lowest BCUT2D eigenvalue weighted by molar-refractivity contribution is -0.152. The van der Waals surface area contributed by atoms with E-state index in [1.165, 1.54) is 18.5 Å². The summed E-state index contributed by atoms with van der Waals surface area (Å²) < 4.78 is 8.70. The number of nitrogens with zero attached hydrogens (tertiary/aromatic N) is 3. The molecule has 0 bridgehead atoms. The van der Waals surface area contributed by atoms with Crippen molar-refractivity contribution in [2.75, 3.05) is 0 Å². The Bertz CT molecular complexity index is 995. The molecule has 1 aromatic heterocycles. The van der Waals surface area contributed by atoms with Crippen LogP contribution in [0.5, 0.6) is 5.75 Å². The molecule has 174 valence electrons. The third kappa shape index (κ3) is 8.06. The van der Waals surface area contributed by atoms with Crippen LogP contribution in [0.2, 0.25) is 0 Å². The molecular formula is C25H35N3O4. The minimum absolute atomic E-state index is 0.104. The second kappa shape index (κ2) is 12.5. The molecule has 0 atom stereocenters. The molecule has 2 rings (SSSR count). The SMILES string of the molecule is C/C=C/Cn1nc(Cc2ccc(OC(C)(C)C(=O)O)cc2)n(CCC)c1=O.C=CC(=C)C. The highest BCUT2D eigenvalue weighted by Crippen LogP contribution is 2.20. The summed E-state index contributed by atoms with van der Waals surface area (Å²) in [7, 11) is 0. The molecule has 1 aromatic carbocycles. The van der Waals surface area contributed by atoms with E-state index in [0.717, 1.165) is 17.6 Å². The minimum atomic E-state index is -1.30. The second-order valence-electron chi connectivity index (χ2n) is 7.89. The smallest absolute Gasteiger partial charge is 0.347 e. The maximum absolute atomic E-state index is 12.5. The van der Waals surface area contributed by atoms with Gasteiger partial charge in [-0.3, -0.25) is 4.57 Å². The number of rotatable bonds is 10. The minimum Gasteiger partial charge on any atom is -0.478 e. The van der Waals surface area contributed by atoms with E-state index in [1.54, 1.807) is 22.8 Å². The van der Waals surface area contributed by atoms with Gasteiger partial charge in [0.1, 0.15) is 11.6 Å². The molecule has 7 nitrogen and oxygen atoms in total. The summed E-state index contributed by atoms with van der Waals surface area (Å²) >= 11 is 0. The summed E-state index contributed by atoms with van der Waals surface area (Å²) in [5, 5.41) is 13.6. The van der Waals surface area contributed by atoms with Crippen LogP contribution in [-0.2, 0) is 24.3 Å². The Morgan fingerprint density at radius 3 is 2.34 bits per heavy atom. The van der Waals surface area contributed by atoms with Gasteiger partial charge in [0.05, 0.1) is 6.54 Å². The summed E-state index contributed by atoms with van der Waals surface area (Å²) in [6, 6.07) is 7.19. The van der Waals surface area contributed by atoms with Gasteiger partial charge in [0.15, 0.2) is 5.60 Å². The number of carboxylic acid groups (broad SMARTS) is 1. The van der Waals surface area contributed by atoms with Crippen LogP contribution in [0.15, 0.2) is 66.0 Å². The zero-order chi connectivity index (χ0) is 24.3. The Balaban J connectivity index is 0.000000920. The zero-order valence-corrected chi connectivity index (χ0v) is 19.8. The zero-order valence-electron chi connectivity index (χ0n) is 19.8. The van der Waals surface area contributed by atoms with Crippen molar-refractivity contribution < 1.29 is 14.6 Å². The Morgan fingerprint density at radius 1 is 1.28 bits per heavy atom. The van der Waals surface area contributed by atoms with Gasteiger partial charge in [-0.15, -0.1) is 0 Å². The fourth-order valence-electron chi connectivity index (χ4n) is 2.59. The fraction of sp³-hybridized carbons (Fsp3) is 0.400. The van der Waals surface area contributed by atoms with Crippen LogP contribution in [0.1, 0.15) is 52.4 Å². The van der Waals surface area contributed by atoms with E-state index in [4.69, 9.17) is 9.84 Å². The molecule has 0 amide bonds. The molecule has 7 heteroatoms. The van der Waals surface area contributed by atoms with E-state index < -0.39 is 11.6 Å². The van der Waals surface area contributed by atoms with Gasteiger partial charge in [0.2, 0.25) is 0 Å². The van der Waals surface area contributed by atoms with Crippen molar-refractivity contribution in [1.29, 1.82) is 0 Å². The van der Waals surface area contributed by atoms with E-state index in [0.29, 0.717) is 31.1 Å². The number of hydrogen-bond donors (Lipinski definition) is 1. The number of hydrogen-bond acceptors (Lipinski definition) is 4. The van der Waals surface area contributed by atoms with Crippen LogP contribution in [-0.4, -0.2) is 31.0 Å². The van der Waals surface area contributed by atoms with Gasteiger partial charge >= 0.3 is 11.7 Å². The average molecular weight is 442 g/mol. The van der Waals surface area contributed by atoms with Crippen molar-refractivity contribution >= 4 is 5.97 Å². The second-order valence-corrected chi connectivity index (χ2v) is 7.89. The monoisotopic (exact) mass is 441 g/mol. The van der Waals surface area contributed by atoms with Crippen LogP contribution < -0.4 is 10.4 Å². The molecule has 0 saturated heterocycles. The number of benzene rings is 1. The van der Waals surface area contributed by atoms with Crippen molar-refractivity contribution in [2.24, 2.45) is 0 Å². The molecular weight excluding hydrogens is 406 g/mol. The largest absolute Gasteiger partial charge is 0.478 e. The van der Waals surface area contributed by atoms with Crippen molar-refractivity contribution in [3.8, 4) is 5.75 Å². The first-order valence-electron chi connectivity index (χ1n) is 10.6. The van der Waals surface area contributed by atoms with Crippen LogP contribution in [0, 0.1) is 0 Å². The number of aliphatic carboxylic acids is 1. The summed E-state index contributed by atoms with van der Waals surface area (Å²) in [6.07, 6.45) is 6.87. The predicted octanol–water partition coefficient (Wildman–Crippen LogP) is 4.61. The third-order valence-corrected chi connectivity index (χ3v) is 4.48. The van der Waals surface area contributed by atoms with Crippen LogP contribution in [0.25, 0.3) is 0 Å². The topological polar surface area (TPSA) is 86.3 Å². The first kappa shape index (κ1) is 26.7. The predicted molar refractivity (Wildman–Crippen MR) is 128 cm³/mol. The first-order valence-corrected chi connectivity index (χ1v) is 10.6. The molecule has 0 fully saturated rings. The Morgan fingerprint density at radius 2 is 1.88 bits per heavy atom. The average Bonchev–Trinajstić information content (AvgIpc) is 3.03. The molecule has 2 aromatic rings. The molecule has 0 spiro atoms. The maximum atomic E-state index is 12.5. The molecule has 0 unspecified atom stereocenters. The van der Waals surface area contributed by atoms with Crippen LogP contribution in [0.3, 0.4) is 0 Å². The number of allylic oxidation sites excluding steroid dienone is 4. The highest BCUT2D eigenvalue weighted by Gasteiger charge is 2.29. The van der Waals surface area contributed by atoms with Crippen molar-refractivity contribution in [3.63, 3.8) is 0 Å². The molecule has 0 aliphatic heterocycles. The lowest BCUT2D eigenvalue weighted by Gasteiger charge is -2.21. The van der Waals surface area contributed by atoms with Crippen molar-refractivity contribution in [1.82, 2.24) is 14.3 Å². The van der Waals surface area contributed by atoms with E-state index in [9.17, 15) is 9.59 Å². The van der Waals surface area contributed by atoms with Gasteiger partial charge in [0, 0.05) is 13.0 Å². The Hall–Kier alpha value is -3.35. The number of aromatic nitrogens is 3. The summed E-state index contributed by atoms with van der Waals surface area (Å²) in [4.78, 5) is 23.7. The summed E-state index contributed by atoms with van der Waals surface area (Å²) in [5.41, 5.74) is 0.587. The summed E-state index contributed by atoms with van der Waals surface area (Å²) in [5.74, 6) is 0.170. The number of carboxylic acids is 1. The molecule has 1 heterocycles. The Labute approximate surface area is 190 Å². The van der Waals surface area contributed by atoms with Gasteiger partial charge in [-0.1, -0.05) is 56.0 Å². The lowest BCUT2D eigenvalue weighted by atomic mass is 10.1. The highest BCUT2D eigenvalue weighted by molar-refractivity contribution is 5.76. The molecule has 0 saturated carbocycles. The first-order chi connectivity index (χ1) is 15.0. The standard InChI is InChI=1S/C20H27N3O4.C5H8/c1-5-7-13-23-19(26)22(12-6-2)17(21-23)14-15-8-10-16(11-9-15)27-20(3,4)18(24)25;1-4-5(2)3/h5,7-11H,6,12-14H2,1-4H3,(H,24,25);4H,1-2H2,3H3/b7-5+;. The number of ether oxygens (including phenoxy) is 1. The van der Waals surface area contributed by atoms with Gasteiger partial charge in [-0.25, -0.2) is 14.3 Å².